The summed E-state index contributed by atoms with van der Waals surface area (Å²) in [5.41, 5.74) is 0.817. The van der Waals surface area contributed by atoms with E-state index in [1.165, 1.54) is 0 Å². The normalized spacial score (nSPS) is 16.2. The third-order valence-corrected chi connectivity index (χ3v) is 4.47. The predicted octanol–water partition coefficient (Wildman–Crippen LogP) is 1.32. The number of urea groups is 1. The maximum Gasteiger partial charge on any atom is 0.324 e. The van der Waals surface area contributed by atoms with Crippen molar-refractivity contribution in [3.05, 3.63) is 24.3 Å². The van der Waals surface area contributed by atoms with Crippen molar-refractivity contribution in [2.75, 3.05) is 43.7 Å². The molecule has 0 spiro atoms. The number of carbonyl (C=O) groups is 1. The van der Waals surface area contributed by atoms with Crippen molar-refractivity contribution >= 4 is 22.5 Å². The quantitative estimate of drug-likeness (QED) is 0.822. The summed E-state index contributed by atoms with van der Waals surface area (Å²) in [4.78, 5) is 15.6. The van der Waals surface area contributed by atoms with Gasteiger partial charge in [-0.2, -0.15) is 0 Å². The summed E-state index contributed by atoms with van der Waals surface area (Å²) in [6.45, 7) is 1.12. The molecule has 0 bridgehead atoms. The van der Waals surface area contributed by atoms with Crippen LogP contribution in [-0.4, -0.2) is 53.9 Å². The Hall–Kier alpha value is -1.56. The van der Waals surface area contributed by atoms with Gasteiger partial charge in [0.05, 0.1) is 7.11 Å². The Morgan fingerprint density at radius 3 is 2.37 bits per heavy atom. The number of hydrogen-bond acceptors (Lipinski definition) is 3. The lowest BCUT2D eigenvalue weighted by Crippen LogP contribution is -2.47. The first-order chi connectivity index (χ1) is 9.11. The van der Waals surface area contributed by atoms with Gasteiger partial charge in [0.15, 0.2) is 0 Å². The Morgan fingerprint density at radius 1 is 1.26 bits per heavy atom. The van der Waals surface area contributed by atoms with Gasteiger partial charge in [-0.05, 0) is 24.3 Å². The van der Waals surface area contributed by atoms with Crippen LogP contribution in [0.1, 0.15) is 0 Å². The Labute approximate surface area is 115 Å². The molecule has 19 heavy (non-hydrogen) atoms. The van der Waals surface area contributed by atoms with Crippen LogP contribution < -0.4 is 9.64 Å². The molecule has 5 nitrogen and oxygen atoms in total. The van der Waals surface area contributed by atoms with Gasteiger partial charge in [0, 0.05) is 48.1 Å². The lowest BCUT2D eigenvalue weighted by molar-refractivity contribution is 0.211. The zero-order chi connectivity index (χ0) is 13.8. The molecule has 0 saturated carbocycles. The zero-order valence-corrected chi connectivity index (χ0v) is 12.0. The number of carbonyl (C=O) groups excluding carboxylic acids is 1. The molecule has 1 saturated heterocycles. The van der Waals surface area contributed by atoms with E-state index in [-0.39, 0.29) is 6.03 Å². The Bertz CT molecular complexity index is 465. The molecule has 104 valence electrons. The molecule has 1 aliphatic rings. The van der Waals surface area contributed by atoms with Crippen LogP contribution in [0.3, 0.4) is 0 Å². The molecule has 6 heteroatoms. The van der Waals surface area contributed by atoms with Crippen LogP contribution in [0.2, 0.25) is 0 Å². The van der Waals surface area contributed by atoms with Gasteiger partial charge in [0.25, 0.3) is 0 Å². The molecule has 0 N–H and O–H groups in total. The van der Waals surface area contributed by atoms with E-state index < -0.39 is 10.8 Å². The number of methoxy groups -OCH3 is 1. The highest BCUT2D eigenvalue weighted by Crippen LogP contribution is 2.19. The van der Waals surface area contributed by atoms with Crippen LogP contribution in [0.4, 0.5) is 10.5 Å². The fourth-order valence-corrected chi connectivity index (χ4v) is 3.01. The molecule has 1 aliphatic heterocycles. The summed E-state index contributed by atoms with van der Waals surface area (Å²) in [5, 5.41) is 0. The summed E-state index contributed by atoms with van der Waals surface area (Å²) >= 11 is 0. The highest BCUT2D eigenvalue weighted by molar-refractivity contribution is 7.85. The summed E-state index contributed by atoms with van der Waals surface area (Å²) in [7, 11) is 2.59. The molecule has 1 aromatic rings. The SMILES string of the molecule is COc1ccc(N(C)C(=O)N2CCS(=O)CC2)cc1. The molecule has 0 aliphatic carbocycles. The molecule has 0 atom stereocenters. The first-order valence-corrected chi connectivity index (χ1v) is 7.62. The van der Waals surface area contributed by atoms with Gasteiger partial charge < -0.3 is 9.64 Å². The molecule has 1 aromatic carbocycles. The average molecular weight is 282 g/mol. The highest BCUT2D eigenvalue weighted by atomic mass is 32.2. The van der Waals surface area contributed by atoms with Gasteiger partial charge in [0.1, 0.15) is 5.75 Å². The molecule has 2 rings (SSSR count). The topological polar surface area (TPSA) is 49.9 Å². The van der Waals surface area contributed by atoms with Crippen LogP contribution in [0.5, 0.6) is 5.75 Å². The molecule has 1 heterocycles. The van der Waals surface area contributed by atoms with E-state index in [9.17, 15) is 9.00 Å². The van der Waals surface area contributed by atoms with E-state index >= 15 is 0 Å². The second-order valence-corrected chi connectivity index (χ2v) is 6.07. The van der Waals surface area contributed by atoms with Crippen LogP contribution >= 0.6 is 0 Å². The number of hydrogen-bond donors (Lipinski definition) is 0. The van der Waals surface area contributed by atoms with Crippen molar-refractivity contribution in [2.45, 2.75) is 0 Å². The molecule has 1 fully saturated rings. The van der Waals surface area contributed by atoms with Crippen LogP contribution in [0, 0.1) is 0 Å². The lowest BCUT2D eigenvalue weighted by atomic mass is 10.3. The number of nitrogens with zero attached hydrogens (tertiary/aromatic N) is 2. The largest absolute Gasteiger partial charge is 0.497 e. The first kappa shape index (κ1) is 13.9. The molecule has 0 aromatic heterocycles. The molecule has 0 radical (unpaired) electrons. The summed E-state index contributed by atoms with van der Waals surface area (Å²) in [5.74, 6) is 1.91. The molecular formula is C13H18N2O3S. The van der Waals surface area contributed by atoms with Gasteiger partial charge in [0.2, 0.25) is 0 Å². The Balaban J connectivity index is 2.03. The molecule has 2 amide bonds. The second-order valence-electron chi connectivity index (χ2n) is 4.37. The van der Waals surface area contributed by atoms with Gasteiger partial charge in [-0.3, -0.25) is 9.11 Å². The monoisotopic (exact) mass is 282 g/mol. The van der Waals surface area contributed by atoms with Crippen molar-refractivity contribution < 1.29 is 13.7 Å². The maximum atomic E-state index is 12.3. The van der Waals surface area contributed by atoms with Crippen molar-refractivity contribution in [1.82, 2.24) is 4.90 Å². The smallest absolute Gasteiger partial charge is 0.324 e. The third kappa shape index (κ3) is 3.26. The van der Waals surface area contributed by atoms with E-state index in [0.717, 1.165) is 11.4 Å². The summed E-state index contributed by atoms with van der Waals surface area (Å²) in [6.07, 6.45) is 0. The molecule has 0 unspecified atom stereocenters. The lowest BCUT2D eigenvalue weighted by Gasteiger charge is -2.30. The fraction of sp³-hybridized carbons (Fsp3) is 0.462. The average Bonchev–Trinajstić information content (AvgIpc) is 2.46. The van der Waals surface area contributed by atoms with Crippen molar-refractivity contribution in [1.29, 1.82) is 0 Å². The summed E-state index contributed by atoms with van der Waals surface area (Å²) in [6, 6.07) is 7.29. The maximum absolute atomic E-state index is 12.3. The van der Waals surface area contributed by atoms with E-state index in [1.54, 1.807) is 24.0 Å². The van der Waals surface area contributed by atoms with E-state index in [2.05, 4.69) is 0 Å². The second kappa shape index (κ2) is 6.06. The van der Waals surface area contributed by atoms with Gasteiger partial charge in [-0.25, -0.2) is 4.79 Å². The predicted molar refractivity (Wildman–Crippen MR) is 76.2 cm³/mol. The number of anilines is 1. The zero-order valence-electron chi connectivity index (χ0n) is 11.2. The van der Waals surface area contributed by atoms with Crippen LogP contribution in [0.15, 0.2) is 24.3 Å². The standard InChI is InChI=1S/C13H18N2O3S/c1-14(11-3-5-12(18-2)6-4-11)13(16)15-7-9-19(17)10-8-15/h3-6H,7-10H2,1-2H3. The number of amides is 2. The van der Waals surface area contributed by atoms with Crippen molar-refractivity contribution in [3.8, 4) is 5.75 Å². The summed E-state index contributed by atoms with van der Waals surface area (Å²) < 4.78 is 16.4. The number of benzene rings is 1. The molecular weight excluding hydrogens is 264 g/mol. The number of rotatable bonds is 2. The van der Waals surface area contributed by atoms with Crippen LogP contribution in [0.25, 0.3) is 0 Å². The van der Waals surface area contributed by atoms with Crippen LogP contribution in [-0.2, 0) is 10.8 Å². The minimum atomic E-state index is -0.768. The first-order valence-electron chi connectivity index (χ1n) is 6.13. The minimum Gasteiger partial charge on any atom is -0.497 e. The minimum absolute atomic E-state index is 0.0538. The van der Waals surface area contributed by atoms with Gasteiger partial charge >= 0.3 is 6.03 Å². The van der Waals surface area contributed by atoms with Crippen molar-refractivity contribution in [3.63, 3.8) is 0 Å². The Kier molecular flexibility index (Phi) is 4.42. The highest BCUT2D eigenvalue weighted by Gasteiger charge is 2.23. The fourth-order valence-electron chi connectivity index (χ4n) is 1.96. The van der Waals surface area contributed by atoms with E-state index in [0.29, 0.717) is 24.6 Å². The van der Waals surface area contributed by atoms with E-state index in [4.69, 9.17) is 4.74 Å². The third-order valence-electron chi connectivity index (χ3n) is 3.19. The van der Waals surface area contributed by atoms with Gasteiger partial charge in [-0.15, -0.1) is 0 Å². The number of ether oxygens (including phenoxy) is 1. The van der Waals surface area contributed by atoms with Crippen molar-refractivity contribution in [2.24, 2.45) is 0 Å². The van der Waals surface area contributed by atoms with Gasteiger partial charge in [-0.1, -0.05) is 0 Å². The van der Waals surface area contributed by atoms with E-state index in [1.807, 2.05) is 24.3 Å². The Morgan fingerprint density at radius 2 is 1.84 bits per heavy atom.